The molecule has 5 heteroatoms. The van der Waals surface area contributed by atoms with Crippen molar-refractivity contribution >= 4 is 22.1 Å². The molecule has 96 valence electrons. The van der Waals surface area contributed by atoms with E-state index in [1.165, 1.54) is 0 Å². The molecule has 0 fully saturated rings. The van der Waals surface area contributed by atoms with E-state index < -0.39 is 0 Å². The second kappa shape index (κ2) is 5.66. The Balaban J connectivity index is 2.52. The van der Waals surface area contributed by atoms with Crippen molar-refractivity contribution in [3.63, 3.8) is 0 Å². The quantitative estimate of drug-likeness (QED) is 0.674. The number of rotatable bonds is 5. The molecule has 0 radical (unpaired) electrons. The van der Waals surface area contributed by atoms with Crippen LogP contribution in [0.3, 0.4) is 0 Å². The van der Waals surface area contributed by atoms with Crippen LogP contribution in [0.2, 0.25) is 0 Å². The molecule has 0 aliphatic heterocycles. The molecule has 0 aliphatic rings. The first kappa shape index (κ1) is 12.6. The molecule has 0 unspecified atom stereocenters. The number of aromatic nitrogens is 1. The van der Waals surface area contributed by atoms with Crippen LogP contribution in [0.15, 0.2) is 30.6 Å². The molecule has 0 saturated heterocycles. The Labute approximate surface area is 105 Å². The highest BCUT2D eigenvalue weighted by molar-refractivity contribution is 6.00. The van der Waals surface area contributed by atoms with Crippen LogP contribution >= 0.6 is 0 Å². The van der Waals surface area contributed by atoms with Crippen LogP contribution in [0.1, 0.15) is 0 Å². The summed E-state index contributed by atoms with van der Waals surface area (Å²) in [6.45, 7) is 1.00. The number of nitrogens with zero attached hydrogens (tertiary/aromatic N) is 2. The average Bonchev–Trinajstić information content (AvgIpc) is 2.39. The Morgan fingerprint density at radius 2 is 1.78 bits per heavy atom. The van der Waals surface area contributed by atoms with Crippen LogP contribution in [-0.2, 0) is 0 Å². The monoisotopic (exact) mass is 247 g/mol. The number of hydrogen-bond acceptors (Lipinski definition) is 5. The van der Waals surface area contributed by atoms with Crippen molar-refractivity contribution in [2.45, 2.75) is 0 Å². The van der Waals surface area contributed by atoms with E-state index in [1.54, 1.807) is 12.4 Å². The fourth-order valence-corrected chi connectivity index (χ4v) is 2.07. The predicted octanol–water partition coefficient (Wildman–Crippen LogP) is 0.608. The van der Waals surface area contributed by atoms with Crippen molar-refractivity contribution in [3.05, 3.63) is 30.6 Å². The standard InChI is InChI=1S/C13H17N3O2/c14-12-1-2-13(16(5-7-17)6-8-18)11-9-15-4-3-10(11)12/h1-4,9,17-18H,5-8,14H2. The predicted molar refractivity (Wildman–Crippen MR) is 72.5 cm³/mol. The maximum absolute atomic E-state index is 9.09. The van der Waals surface area contributed by atoms with Gasteiger partial charge < -0.3 is 20.8 Å². The van der Waals surface area contributed by atoms with Gasteiger partial charge in [0.1, 0.15) is 0 Å². The maximum atomic E-state index is 9.09. The normalized spacial score (nSPS) is 10.8. The topological polar surface area (TPSA) is 82.6 Å². The van der Waals surface area contributed by atoms with Crippen molar-refractivity contribution in [3.8, 4) is 0 Å². The minimum Gasteiger partial charge on any atom is -0.398 e. The molecular weight excluding hydrogens is 230 g/mol. The lowest BCUT2D eigenvalue weighted by Gasteiger charge is -2.24. The van der Waals surface area contributed by atoms with Gasteiger partial charge in [0, 0.05) is 47.6 Å². The fraction of sp³-hybridized carbons (Fsp3) is 0.308. The summed E-state index contributed by atoms with van der Waals surface area (Å²) in [7, 11) is 0. The van der Waals surface area contributed by atoms with Gasteiger partial charge in [-0.2, -0.15) is 0 Å². The van der Waals surface area contributed by atoms with Gasteiger partial charge in [0.2, 0.25) is 0 Å². The number of nitrogen functional groups attached to an aromatic ring is 1. The lowest BCUT2D eigenvalue weighted by molar-refractivity contribution is 0.281. The fourth-order valence-electron chi connectivity index (χ4n) is 2.07. The van der Waals surface area contributed by atoms with Gasteiger partial charge in [0.25, 0.3) is 0 Å². The highest BCUT2D eigenvalue weighted by Crippen LogP contribution is 2.29. The van der Waals surface area contributed by atoms with E-state index in [-0.39, 0.29) is 13.2 Å². The van der Waals surface area contributed by atoms with E-state index in [1.807, 2.05) is 23.1 Å². The van der Waals surface area contributed by atoms with Gasteiger partial charge in [-0.15, -0.1) is 0 Å². The van der Waals surface area contributed by atoms with Crippen LogP contribution in [-0.4, -0.2) is 41.5 Å². The van der Waals surface area contributed by atoms with E-state index in [9.17, 15) is 0 Å². The number of nitrogens with two attached hydrogens (primary N) is 1. The maximum Gasteiger partial charge on any atom is 0.0606 e. The highest BCUT2D eigenvalue weighted by atomic mass is 16.3. The van der Waals surface area contributed by atoms with Gasteiger partial charge in [-0.1, -0.05) is 0 Å². The summed E-state index contributed by atoms with van der Waals surface area (Å²) in [6, 6.07) is 5.59. The molecule has 0 amide bonds. The molecule has 1 aromatic carbocycles. The number of fused-ring (bicyclic) bond motifs is 1. The van der Waals surface area contributed by atoms with Crippen LogP contribution in [0, 0.1) is 0 Å². The molecule has 0 saturated carbocycles. The SMILES string of the molecule is Nc1ccc(N(CCO)CCO)c2cnccc12. The molecule has 4 N–H and O–H groups in total. The number of aliphatic hydroxyl groups is 2. The smallest absolute Gasteiger partial charge is 0.0606 e. The molecule has 0 atom stereocenters. The van der Waals surface area contributed by atoms with Crippen molar-refractivity contribution < 1.29 is 10.2 Å². The van der Waals surface area contributed by atoms with E-state index in [0.29, 0.717) is 18.8 Å². The second-order valence-electron chi connectivity index (χ2n) is 4.03. The van der Waals surface area contributed by atoms with Crippen LogP contribution in [0.4, 0.5) is 11.4 Å². The summed E-state index contributed by atoms with van der Waals surface area (Å²) in [6.07, 6.45) is 3.45. The minimum absolute atomic E-state index is 0.0339. The number of aliphatic hydroxyl groups excluding tert-OH is 2. The first-order chi connectivity index (χ1) is 8.77. The van der Waals surface area contributed by atoms with Crippen molar-refractivity contribution in [1.29, 1.82) is 0 Å². The minimum atomic E-state index is 0.0339. The molecular formula is C13H17N3O2. The Kier molecular flexibility index (Phi) is 3.96. The summed E-state index contributed by atoms with van der Waals surface area (Å²) in [5.41, 5.74) is 7.55. The zero-order chi connectivity index (χ0) is 13.0. The third-order valence-electron chi connectivity index (χ3n) is 2.91. The summed E-state index contributed by atoms with van der Waals surface area (Å²) in [4.78, 5) is 6.03. The molecule has 0 bridgehead atoms. The number of benzene rings is 1. The van der Waals surface area contributed by atoms with E-state index >= 15 is 0 Å². The van der Waals surface area contributed by atoms with Crippen molar-refractivity contribution in [1.82, 2.24) is 4.98 Å². The lowest BCUT2D eigenvalue weighted by Crippen LogP contribution is -2.29. The highest BCUT2D eigenvalue weighted by Gasteiger charge is 2.10. The van der Waals surface area contributed by atoms with Gasteiger partial charge >= 0.3 is 0 Å². The van der Waals surface area contributed by atoms with Crippen molar-refractivity contribution in [2.75, 3.05) is 36.9 Å². The Morgan fingerprint density at radius 3 is 2.44 bits per heavy atom. The Hall–Kier alpha value is -1.85. The first-order valence-corrected chi connectivity index (χ1v) is 5.86. The van der Waals surface area contributed by atoms with E-state index in [4.69, 9.17) is 15.9 Å². The summed E-state index contributed by atoms with van der Waals surface area (Å²) in [5.74, 6) is 0. The number of hydrogen-bond donors (Lipinski definition) is 3. The lowest BCUT2D eigenvalue weighted by atomic mass is 10.1. The summed E-state index contributed by atoms with van der Waals surface area (Å²) < 4.78 is 0. The van der Waals surface area contributed by atoms with Gasteiger partial charge in [-0.25, -0.2) is 0 Å². The number of anilines is 2. The molecule has 0 aliphatic carbocycles. The Morgan fingerprint density at radius 1 is 1.06 bits per heavy atom. The average molecular weight is 247 g/mol. The van der Waals surface area contributed by atoms with E-state index in [0.717, 1.165) is 16.5 Å². The molecule has 1 heterocycles. The molecule has 5 nitrogen and oxygen atoms in total. The van der Waals surface area contributed by atoms with Gasteiger partial charge in [0.05, 0.1) is 13.2 Å². The molecule has 0 spiro atoms. The number of pyridine rings is 1. The van der Waals surface area contributed by atoms with Gasteiger partial charge in [-0.05, 0) is 18.2 Å². The summed E-state index contributed by atoms with van der Waals surface area (Å²) in [5, 5.41) is 20.0. The first-order valence-electron chi connectivity index (χ1n) is 5.86. The Bertz CT molecular complexity index is 525. The zero-order valence-corrected chi connectivity index (χ0v) is 10.1. The molecule has 2 aromatic rings. The third-order valence-corrected chi connectivity index (χ3v) is 2.91. The third kappa shape index (κ3) is 2.37. The van der Waals surface area contributed by atoms with Crippen molar-refractivity contribution in [2.24, 2.45) is 0 Å². The molecule has 1 aromatic heterocycles. The second-order valence-corrected chi connectivity index (χ2v) is 4.03. The largest absolute Gasteiger partial charge is 0.398 e. The van der Waals surface area contributed by atoms with Crippen LogP contribution in [0.5, 0.6) is 0 Å². The van der Waals surface area contributed by atoms with Crippen LogP contribution in [0.25, 0.3) is 10.8 Å². The summed E-state index contributed by atoms with van der Waals surface area (Å²) >= 11 is 0. The molecule has 2 rings (SSSR count). The van der Waals surface area contributed by atoms with Crippen LogP contribution < -0.4 is 10.6 Å². The molecule has 18 heavy (non-hydrogen) atoms. The van der Waals surface area contributed by atoms with E-state index in [2.05, 4.69) is 4.98 Å². The zero-order valence-electron chi connectivity index (χ0n) is 10.1. The van der Waals surface area contributed by atoms with Gasteiger partial charge in [0.15, 0.2) is 0 Å². The van der Waals surface area contributed by atoms with Gasteiger partial charge in [-0.3, -0.25) is 4.98 Å².